The van der Waals surface area contributed by atoms with Gasteiger partial charge < -0.3 is 19.5 Å². The third-order valence-corrected chi connectivity index (χ3v) is 4.71. The van der Waals surface area contributed by atoms with E-state index < -0.39 is 0 Å². The molecule has 1 saturated heterocycles. The lowest BCUT2D eigenvalue weighted by Gasteiger charge is -2.26. The van der Waals surface area contributed by atoms with Crippen molar-refractivity contribution in [3.05, 3.63) is 26.6 Å². The molecular formula is C15H16Br2N6O3. The number of anilines is 2. The second-order valence-corrected chi connectivity index (χ2v) is 6.96. The number of nitrogens with one attached hydrogen (secondary N) is 1. The van der Waals surface area contributed by atoms with Crippen LogP contribution in [0.1, 0.15) is 5.56 Å². The molecule has 0 amide bonds. The molecule has 3 rings (SSSR count). The quantitative estimate of drug-likeness (QED) is 0.489. The van der Waals surface area contributed by atoms with Crippen LogP contribution in [0.4, 0.5) is 11.9 Å². The van der Waals surface area contributed by atoms with Crippen LogP contribution >= 0.6 is 31.9 Å². The molecule has 2 heterocycles. The van der Waals surface area contributed by atoms with Crippen LogP contribution in [0.15, 0.2) is 26.2 Å². The highest BCUT2D eigenvalue weighted by Gasteiger charge is 2.16. The number of hydrogen-bond acceptors (Lipinski definition) is 9. The largest absolute Gasteiger partial charge is 0.506 e. The molecule has 1 fully saturated rings. The lowest BCUT2D eigenvalue weighted by Crippen LogP contribution is -2.37. The van der Waals surface area contributed by atoms with E-state index in [1.807, 2.05) is 4.90 Å². The lowest BCUT2D eigenvalue weighted by atomic mass is 10.2. The first-order valence-electron chi connectivity index (χ1n) is 7.66. The topological polar surface area (TPSA) is 105 Å². The molecule has 0 bridgehead atoms. The first-order valence-corrected chi connectivity index (χ1v) is 9.25. The molecule has 1 aliphatic heterocycles. The number of aromatic nitrogens is 3. The van der Waals surface area contributed by atoms with Gasteiger partial charge in [-0.2, -0.15) is 20.1 Å². The number of hydrogen-bond donors (Lipinski definition) is 2. The van der Waals surface area contributed by atoms with E-state index in [1.165, 1.54) is 7.11 Å². The van der Waals surface area contributed by atoms with Crippen LogP contribution in [0.3, 0.4) is 0 Å². The molecule has 2 aromatic rings. The predicted molar refractivity (Wildman–Crippen MR) is 104 cm³/mol. The van der Waals surface area contributed by atoms with E-state index in [2.05, 4.69) is 57.3 Å². The first-order chi connectivity index (χ1) is 12.6. The van der Waals surface area contributed by atoms with Gasteiger partial charge in [-0.15, -0.1) is 0 Å². The number of rotatable bonds is 5. The number of methoxy groups -OCH3 is 1. The van der Waals surface area contributed by atoms with Gasteiger partial charge in [0.05, 0.1) is 35.5 Å². The predicted octanol–water partition coefficient (Wildman–Crippen LogP) is 2.39. The van der Waals surface area contributed by atoms with E-state index in [-0.39, 0.29) is 17.7 Å². The van der Waals surface area contributed by atoms with Gasteiger partial charge in [-0.3, -0.25) is 0 Å². The summed E-state index contributed by atoms with van der Waals surface area (Å²) in [4.78, 5) is 14.8. The Morgan fingerprint density at radius 1 is 1.23 bits per heavy atom. The molecule has 11 heteroatoms. The van der Waals surface area contributed by atoms with Gasteiger partial charge in [0.2, 0.25) is 5.95 Å². The fourth-order valence-corrected chi connectivity index (χ4v) is 3.44. The van der Waals surface area contributed by atoms with Gasteiger partial charge in [-0.05, 0) is 49.6 Å². The Morgan fingerprint density at radius 2 is 1.92 bits per heavy atom. The number of morpholine rings is 1. The first kappa shape index (κ1) is 18.8. The van der Waals surface area contributed by atoms with Gasteiger partial charge in [-0.25, -0.2) is 5.43 Å². The molecule has 9 nitrogen and oxygen atoms in total. The number of hydrazone groups is 1. The van der Waals surface area contributed by atoms with Gasteiger partial charge in [0.1, 0.15) is 5.75 Å². The van der Waals surface area contributed by atoms with Crippen LogP contribution < -0.4 is 15.1 Å². The summed E-state index contributed by atoms with van der Waals surface area (Å²) in [6.45, 7) is 2.65. The SMILES string of the molecule is COc1nc(N/N=C\c2cc(Br)c(O)c(Br)c2)nc(N2CCOCC2)n1. The zero-order chi connectivity index (χ0) is 18.5. The van der Waals surface area contributed by atoms with E-state index in [9.17, 15) is 5.11 Å². The lowest BCUT2D eigenvalue weighted by molar-refractivity contribution is 0.122. The highest BCUT2D eigenvalue weighted by molar-refractivity contribution is 9.11. The Morgan fingerprint density at radius 3 is 2.58 bits per heavy atom. The van der Waals surface area contributed by atoms with Crippen molar-refractivity contribution in [1.82, 2.24) is 15.0 Å². The number of benzene rings is 1. The van der Waals surface area contributed by atoms with Crippen molar-refractivity contribution in [2.45, 2.75) is 0 Å². The van der Waals surface area contributed by atoms with Crippen molar-refractivity contribution in [2.24, 2.45) is 5.10 Å². The van der Waals surface area contributed by atoms with Crippen molar-refractivity contribution in [1.29, 1.82) is 0 Å². The summed E-state index contributed by atoms with van der Waals surface area (Å²) >= 11 is 6.56. The summed E-state index contributed by atoms with van der Waals surface area (Å²) in [6.07, 6.45) is 1.58. The number of phenolic OH excluding ortho intramolecular Hbond substituents is 1. The van der Waals surface area contributed by atoms with Crippen molar-refractivity contribution in [3.63, 3.8) is 0 Å². The molecule has 1 aromatic carbocycles. The van der Waals surface area contributed by atoms with Gasteiger partial charge >= 0.3 is 6.01 Å². The molecule has 0 saturated carbocycles. The highest BCUT2D eigenvalue weighted by atomic mass is 79.9. The van der Waals surface area contributed by atoms with Crippen LogP contribution in [-0.2, 0) is 4.74 Å². The third kappa shape index (κ3) is 4.59. The molecule has 138 valence electrons. The molecule has 0 unspecified atom stereocenters. The van der Waals surface area contributed by atoms with Crippen molar-refractivity contribution < 1.29 is 14.6 Å². The third-order valence-electron chi connectivity index (χ3n) is 3.50. The minimum absolute atomic E-state index is 0.132. The number of nitrogens with zero attached hydrogens (tertiary/aromatic N) is 5. The normalized spacial score (nSPS) is 14.7. The molecule has 0 aliphatic carbocycles. The maximum atomic E-state index is 9.74. The van der Waals surface area contributed by atoms with Crippen LogP contribution in [-0.4, -0.2) is 59.7 Å². The zero-order valence-corrected chi connectivity index (χ0v) is 17.0. The Bertz CT molecular complexity index is 791. The van der Waals surface area contributed by atoms with E-state index in [4.69, 9.17) is 9.47 Å². The molecule has 1 aliphatic rings. The Balaban J connectivity index is 1.76. The summed E-state index contributed by atoms with van der Waals surface area (Å²) in [5.41, 5.74) is 3.54. The standard InChI is InChI=1S/C15H16Br2N6O3/c1-25-15-20-13(19-14(21-15)23-2-4-26-5-3-23)22-18-8-9-6-10(16)12(24)11(17)7-9/h6-8,24H,2-5H2,1H3,(H,19,20,21,22)/b18-8-. The molecule has 0 atom stereocenters. The number of aromatic hydroxyl groups is 1. The Hall–Kier alpha value is -1.98. The van der Waals surface area contributed by atoms with E-state index in [1.54, 1.807) is 18.3 Å². The van der Waals surface area contributed by atoms with Crippen LogP contribution in [0.5, 0.6) is 11.8 Å². The summed E-state index contributed by atoms with van der Waals surface area (Å²) < 4.78 is 11.6. The number of phenols is 1. The second-order valence-electron chi connectivity index (χ2n) is 5.25. The molecule has 2 N–H and O–H groups in total. The second kappa shape index (κ2) is 8.60. The zero-order valence-electron chi connectivity index (χ0n) is 13.8. The van der Waals surface area contributed by atoms with E-state index in [0.29, 0.717) is 41.2 Å². The molecule has 26 heavy (non-hydrogen) atoms. The van der Waals surface area contributed by atoms with Gasteiger partial charge in [0, 0.05) is 13.1 Å². The molecule has 0 radical (unpaired) electrons. The smallest absolute Gasteiger partial charge is 0.322 e. The molecular weight excluding hydrogens is 472 g/mol. The number of ether oxygens (including phenoxy) is 2. The van der Waals surface area contributed by atoms with Crippen LogP contribution in [0.25, 0.3) is 0 Å². The average molecular weight is 488 g/mol. The van der Waals surface area contributed by atoms with Crippen molar-refractivity contribution in [2.75, 3.05) is 43.7 Å². The maximum Gasteiger partial charge on any atom is 0.322 e. The fourth-order valence-electron chi connectivity index (χ4n) is 2.22. The van der Waals surface area contributed by atoms with Gasteiger partial charge in [0.25, 0.3) is 5.95 Å². The van der Waals surface area contributed by atoms with Crippen LogP contribution in [0.2, 0.25) is 0 Å². The van der Waals surface area contributed by atoms with E-state index >= 15 is 0 Å². The van der Waals surface area contributed by atoms with Gasteiger partial charge in [0.15, 0.2) is 0 Å². The van der Waals surface area contributed by atoms with E-state index in [0.717, 1.165) is 5.56 Å². The Labute approximate surface area is 166 Å². The van der Waals surface area contributed by atoms with Gasteiger partial charge in [-0.1, -0.05) is 0 Å². The monoisotopic (exact) mass is 486 g/mol. The maximum absolute atomic E-state index is 9.74. The Kier molecular flexibility index (Phi) is 6.22. The summed E-state index contributed by atoms with van der Waals surface area (Å²) in [5, 5.41) is 13.9. The minimum Gasteiger partial charge on any atom is -0.506 e. The van der Waals surface area contributed by atoms with Crippen molar-refractivity contribution >= 4 is 50.0 Å². The average Bonchev–Trinajstić information content (AvgIpc) is 2.66. The van der Waals surface area contributed by atoms with Crippen molar-refractivity contribution in [3.8, 4) is 11.8 Å². The van der Waals surface area contributed by atoms with Crippen LogP contribution in [0, 0.1) is 0 Å². The molecule has 0 spiro atoms. The summed E-state index contributed by atoms with van der Waals surface area (Å²) in [7, 11) is 1.50. The summed E-state index contributed by atoms with van der Waals surface area (Å²) in [5.74, 6) is 0.909. The number of halogens is 2. The minimum atomic E-state index is 0.132. The fraction of sp³-hybridized carbons (Fsp3) is 0.333. The summed E-state index contributed by atoms with van der Waals surface area (Å²) in [6, 6.07) is 3.67. The molecule has 1 aromatic heterocycles. The highest BCUT2D eigenvalue weighted by Crippen LogP contribution is 2.32.